The number of carbonyl (C=O) groups excluding carboxylic acids is 1. The molecule has 0 radical (unpaired) electrons. The Morgan fingerprint density at radius 1 is 1.35 bits per heavy atom. The molecule has 0 aliphatic carbocycles. The molecule has 5 heteroatoms. The molecule has 1 atom stereocenters. The summed E-state index contributed by atoms with van der Waals surface area (Å²) in [5, 5.41) is 5.90. The van der Waals surface area contributed by atoms with E-state index in [1.165, 1.54) is 0 Å². The van der Waals surface area contributed by atoms with Gasteiger partial charge in [0.25, 0.3) is 0 Å². The first-order chi connectivity index (χ1) is 9.61. The first-order valence-electron chi connectivity index (χ1n) is 6.99. The van der Waals surface area contributed by atoms with E-state index in [-0.39, 0.29) is 5.91 Å². The number of amides is 1. The lowest BCUT2D eigenvalue weighted by Gasteiger charge is -2.11. The highest BCUT2D eigenvalue weighted by Crippen LogP contribution is 1.98. The van der Waals surface area contributed by atoms with Gasteiger partial charge in [0.2, 0.25) is 5.91 Å². The van der Waals surface area contributed by atoms with Crippen molar-refractivity contribution in [3.05, 3.63) is 35.9 Å². The van der Waals surface area contributed by atoms with Crippen LogP contribution in [0.3, 0.4) is 0 Å². The fraction of sp³-hybridized carbons (Fsp3) is 0.467. The normalized spacial score (nSPS) is 12.8. The van der Waals surface area contributed by atoms with Gasteiger partial charge in [-0.15, -0.1) is 0 Å². The van der Waals surface area contributed by atoms with Crippen LogP contribution in [0, 0.1) is 0 Å². The fourth-order valence-electron chi connectivity index (χ4n) is 1.62. The van der Waals surface area contributed by atoms with Gasteiger partial charge in [0.15, 0.2) is 5.96 Å². The van der Waals surface area contributed by atoms with Crippen molar-refractivity contribution in [2.24, 2.45) is 10.7 Å². The number of guanidine groups is 1. The van der Waals surface area contributed by atoms with Crippen LogP contribution in [0.25, 0.3) is 0 Å². The van der Waals surface area contributed by atoms with Gasteiger partial charge in [-0.1, -0.05) is 37.3 Å². The molecule has 1 rings (SSSR count). The average molecular weight is 276 g/mol. The van der Waals surface area contributed by atoms with Crippen LogP contribution < -0.4 is 16.4 Å². The number of hydrogen-bond acceptors (Lipinski definition) is 2. The quantitative estimate of drug-likeness (QED) is 0.395. The number of rotatable bonds is 7. The van der Waals surface area contributed by atoms with Crippen molar-refractivity contribution in [2.45, 2.75) is 32.7 Å². The minimum Gasteiger partial charge on any atom is -0.370 e. The molecule has 0 fully saturated rings. The van der Waals surface area contributed by atoms with E-state index >= 15 is 0 Å². The van der Waals surface area contributed by atoms with Crippen LogP contribution in [0.2, 0.25) is 0 Å². The zero-order chi connectivity index (χ0) is 14.8. The predicted octanol–water partition coefficient (Wildman–Crippen LogP) is 1.05. The van der Waals surface area contributed by atoms with E-state index in [2.05, 4.69) is 22.5 Å². The van der Waals surface area contributed by atoms with Gasteiger partial charge in [-0.3, -0.25) is 9.79 Å². The van der Waals surface area contributed by atoms with Gasteiger partial charge in [0.1, 0.15) is 0 Å². The molecule has 20 heavy (non-hydrogen) atoms. The molecule has 4 N–H and O–H groups in total. The maximum atomic E-state index is 11.7. The second-order valence-electron chi connectivity index (χ2n) is 4.73. The molecule has 0 aromatic heterocycles. The van der Waals surface area contributed by atoms with Crippen molar-refractivity contribution in [2.75, 3.05) is 13.1 Å². The van der Waals surface area contributed by atoms with Crippen molar-refractivity contribution in [1.29, 1.82) is 0 Å². The third kappa shape index (κ3) is 6.78. The lowest BCUT2D eigenvalue weighted by molar-refractivity contribution is -0.120. The summed E-state index contributed by atoms with van der Waals surface area (Å²) in [6, 6.07) is 9.97. The summed E-state index contributed by atoms with van der Waals surface area (Å²) < 4.78 is 0. The third-order valence-corrected chi connectivity index (χ3v) is 2.93. The van der Waals surface area contributed by atoms with Crippen molar-refractivity contribution in [1.82, 2.24) is 10.6 Å². The highest BCUT2D eigenvalue weighted by Gasteiger charge is 2.02. The molecule has 0 spiro atoms. The summed E-state index contributed by atoms with van der Waals surface area (Å²) in [6.07, 6.45) is 1.38. The first kappa shape index (κ1) is 16.0. The van der Waals surface area contributed by atoms with Gasteiger partial charge in [-0.05, 0) is 18.9 Å². The van der Waals surface area contributed by atoms with Crippen LogP contribution >= 0.6 is 0 Å². The Bertz CT molecular complexity index is 431. The van der Waals surface area contributed by atoms with Crippen LogP contribution in [0.1, 0.15) is 25.8 Å². The van der Waals surface area contributed by atoms with Gasteiger partial charge in [0, 0.05) is 12.6 Å². The highest BCUT2D eigenvalue weighted by molar-refractivity contribution is 5.79. The Balaban J connectivity index is 2.20. The van der Waals surface area contributed by atoms with Crippen LogP contribution in [0.5, 0.6) is 0 Å². The van der Waals surface area contributed by atoms with Gasteiger partial charge < -0.3 is 16.4 Å². The van der Waals surface area contributed by atoms with Crippen molar-refractivity contribution >= 4 is 11.9 Å². The summed E-state index contributed by atoms with van der Waals surface area (Å²) in [5.74, 6) is 0.427. The fourth-order valence-corrected chi connectivity index (χ4v) is 1.62. The second-order valence-corrected chi connectivity index (χ2v) is 4.73. The SMILES string of the molecule is CCC(C)NC(N)=NCCNC(=O)Cc1ccccc1. The number of benzene rings is 1. The van der Waals surface area contributed by atoms with Crippen molar-refractivity contribution in [3.8, 4) is 0 Å². The summed E-state index contributed by atoms with van der Waals surface area (Å²) in [5.41, 5.74) is 6.72. The van der Waals surface area contributed by atoms with Gasteiger partial charge in [-0.2, -0.15) is 0 Å². The largest absolute Gasteiger partial charge is 0.370 e. The van der Waals surface area contributed by atoms with E-state index in [1.54, 1.807) is 0 Å². The minimum atomic E-state index is -0.000133. The smallest absolute Gasteiger partial charge is 0.224 e. The Kier molecular flexibility index (Phi) is 7.17. The molecule has 0 saturated carbocycles. The molecular weight excluding hydrogens is 252 g/mol. The van der Waals surface area contributed by atoms with Crippen LogP contribution in [-0.2, 0) is 11.2 Å². The Morgan fingerprint density at radius 2 is 2.05 bits per heavy atom. The Labute approximate surface area is 120 Å². The molecule has 1 aromatic carbocycles. The maximum absolute atomic E-state index is 11.7. The zero-order valence-corrected chi connectivity index (χ0v) is 12.2. The Morgan fingerprint density at radius 3 is 2.70 bits per heavy atom. The number of nitrogens with zero attached hydrogens (tertiary/aromatic N) is 1. The summed E-state index contributed by atoms with van der Waals surface area (Å²) >= 11 is 0. The summed E-state index contributed by atoms with van der Waals surface area (Å²) in [6.45, 7) is 5.10. The highest BCUT2D eigenvalue weighted by atomic mass is 16.1. The van der Waals surface area contributed by atoms with Crippen LogP contribution in [0.4, 0.5) is 0 Å². The maximum Gasteiger partial charge on any atom is 0.224 e. The summed E-state index contributed by atoms with van der Waals surface area (Å²) in [4.78, 5) is 15.8. The van der Waals surface area contributed by atoms with Crippen molar-refractivity contribution in [3.63, 3.8) is 0 Å². The lowest BCUT2D eigenvalue weighted by atomic mass is 10.1. The Hall–Kier alpha value is -2.04. The molecule has 0 aliphatic rings. The molecule has 1 unspecified atom stereocenters. The number of nitrogens with two attached hydrogens (primary N) is 1. The van der Waals surface area contributed by atoms with Crippen LogP contribution in [-0.4, -0.2) is 31.0 Å². The average Bonchev–Trinajstić information content (AvgIpc) is 2.44. The van der Waals surface area contributed by atoms with E-state index < -0.39 is 0 Å². The van der Waals surface area contributed by atoms with E-state index in [0.717, 1.165) is 12.0 Å². The molecular formula is C15H24N4O. The molecule has 0 bridgehead atoms. The number of nitrogens with one attached hydrogen (secondary N) is 2. The first-order valence-corrected chi connectivity index (χ1v) is 6.99. The predicted molar refractivity (Wildman–Crippen MR) is 82.5 cm³/mol. The third-order valence-electron chi connectivity index (χ3n) is 2.93. The lowest BCUT2D eigenvalue weighted by Crippen LogP contribution is -2.38. The molecule has 1 amide bonds. The van der Waals surface area contributed by atoms with Crippen LogP contribution in [0.15, 0.2) is 35.3 Å². The molecule has 110 valence electrons. The molecule has 0 aliphatic heterocycles. The molecule has 0 heterocycles. The molecule has 5 nitrogen and oxygen atoms in total. The van der Waals surface area contributed by atoms with E-state index in [4.69, 9.17) is 5.73 Å². The number of hydrogen-bond donors (Lipinski definition) is 3. The van der Waals surface area contributed by atoms with E-state index in [1.807, 2.05) is 37.3 Å². The number of aliphatic imine (C=N–C) groups is 1. The van der Waals surface area contributed by atoms with Gasteiger partial charge in [0.05, 0.1) is 13.0 Å². The monoisotopic (exact) mass is 276 g/mol. The van der Waals surface area contributed by atoms with Gasteiger partial charge in [-0.25, -0.2) is 0 Å². The molecule has 1 aromatic rings. The van der Waals surface area contributed by atoms with E-state index in [9.17, 15) is 4.79 Å². The van der Waals surface area contributed by atoms with Gasteiger partial charge >= 0.3 is 0 Å². The van der Waals surface area contributed by atoms with Crippen molar-refractivity contribution < 1.29 is 4.79 Å². The standard InChI is InChI=1S/C15H24N4O/c1-3-12(2)19-15(16)18-10-9-17-14(20)11-13-7-5-4-6-8-13/h4-8,12H,3,9-11H2,1-2H3,(H,17,20)(H3,16,18,19). The summed E-state index contributed by atoms with van der Waals surface area (Å²) in [7, 11) is 0. The minimum absolute atomic E-state index is 0.000133. The number of carbonyl (C=O) groups is 1. The topological polar surface area (TPSA) is 79.5 Å². The van der Waals surface area contributed by atoms with E-state index in [0.29, 0.717) is 31.5 Å². The zero-order valence-electron chi connectivity index (χ0n) is 12.2. The second kappa shape index (κ2) is 8.96. The molecule has 0 saturated heterocycles.